The lowest BCUT2D eigenvalue weighted by Crippen LogP contribution is -1.84. The van der Waals surface area contributed by atoms with Gasteiger partial charge in [-0.1, -0.05) is 174 Å². The van der Waals surface area contributed by atoms with E-state index in [-0.39, 0.29) is 0 Å². The molecule has 0 aromatic rings. The van der Waals surface area contributed by atoms with Crippen LogP contribution < -0.4 is 0 Å². The van der Waals surface area contributed by atoms with Crippen molar-refractivity contribution in [3.8, 4) is 0 Å². The third-order valence-electron chi connectivity index (χ3n) is 6.81. The van der Waals surface area contributed by atoms with Gasteiger partial charge in [0, 0.05) is 0 Å². The topological polar surface area (TPSA) is 0 Å². The zero-order chi connectivity index (χ0) is 22.5. The molecule has 0 amide bonds. The summed E-state index contributed by atoms with van der Waals surface area (Å²) in [6, 6.07) is 0. The van der Waals surface area contributed by atoms with Gasteiger partial charge in [-0.05, 0) is 12.8 Å². The summed E-state index contributed by atoms with van der Waals surface area (Å²) in [7, 11) is 0. The second kappa shape index (κ2) is 29.7. The van der Waals surface area contributed by atoms with Gasteiger partial charge in [-0.15, -0.1) is 0 Å². The fraction of sp³-hybridized carbons (Fsp3) is 0.933. The standard InChI is InChI=1S/C30H59F/c1-2-3-4-5-6-7-8-9-10-11-12-13-14-15-16-17-18-19-20-21-22-23-24-25-26-27-28-29-30-31/h29-30H,2-28H2,1H3. The lowest BCUT2D eigenvalue weighted by atomic mass is 10.0. The van der Waals surface area contributed by atoms with E-state index in [1.807, 2.05) is 0 Å². The molecule has 0 spiro atoms. The Kier molecular flexibility index (Phi) is 29.4. The van der Waals surface area contributed by atoms with E-state index in [2.05, 4.69) is 6.92 Å². The largest absolute Gasteiger partial charge is 0.216 e. The monoisotopic (exact) mass is 438 g/mol. The molecule has 1 heteroatoms. The van der Waals surface area contributed by atoms with Gasteiger partial charge >= 0.3 is 0 Å². The van der Waals surface area contributed by atoms with Crippen molar-refractivity contribution in [2.45, 2.75) is 180 Å². The van der Waals surface area contributed by atoms with Crippen LogP contribution in [0.2, 0.25) is 0 Å². The third kappa shape index (κ3) is 29.7. The van der Waals surface area contributed by atoms with E-state index < -0.39 is 0 Å². The van der Waals surface area contributed by atoms with Crippen molar-refractivity contribution in [2.75, 3.05) is 0 Å². The summed E-state index contributed by atoms with van der Waals surface area (Å²) in [6.45, 7) is 2.30. The van der Waals surface area contributed by atoms with Crippen molar-refractivity contribution < 1.29 is 4.39 Å². The number of halogens is 1. The smallest absolute Gasteiger partial charge is 0.0827 e. The lowest BCUT2D eigenvalue weighted by molar-refractivity contribution is 0.515. The molecule has 0 nitrogen and oxygen atoms in total. The van der Waals surface area contributed by atoms with Crippen LogP contribution in [0.25, 0.3) is 0 Å². The predicted octanol–water partition coefficient (Wildman–Crippen LogP) is 12.0. The Morgan fingerprint density at radius 1 is 0.355 bits per heavy atom. The van der Waals surface area contributed by atoms with Gasteiger partial charge in [0.1, 0.15) is 0 Å². The minimum absolute atomic E-state index is 0.681. The van der Waals surface area contributed by atoms with Crippen LogP contribution in [0.1, 0.15) is 180 Å². The summed E-state index contributed by atoms with van der Waals surface area (Å²) >= 11 is 0. The molecule has 0 aliphatic carbocycles. The Morgan fingerprint density at radius 2 is 0.581 bits per heavy atom. The van der Waals surface area contributed by atoms with Crippen LogP contribution in [0.3, 0.4) is 0 Å². The summed E-state index contributed by atoms with van der Waals surface area (Å²) in [6.07, 6.45) is 40.4. The van der Waals surface area contributed by atoms with Gasteiger partial charge in [0.2, 0.25) is 0 Å². The van der Waals surface area contributed by atoms with Gasteiger partial charge in [-0.25, -0.2) is 4.39 Å². The summed E-state index contributed by atoms with van der Waals surface area (Å²) in [5.41, 5.74) is 0. The van der Waals surface area contributed by atoms with Gasteiger partial charge in [-0.2, -0.15) is 0 Å². The Labute approximate surface area is 197 Å². The van der Waals surface area contributed by atoms with E-state index in [9.17, 15) is 4.39 Å². The third-order valence-corrected chi connectivity index (χ3v) is 6.81. The molecule has 0 saturated carbocycles. The summed E-state index contributed by atoms with van der Waals surface area (Å²) in [4.78, 5) is 0. The molecule has 0 unspecified atom stereocenters. The summed E-state index contributed by atoms with van der Waals surface area (Å²) < 4.78 is 11.8. The molecule has 0 aromatic heterocycles. The van der Waals surface area contributed by atoms with Crippen molar-refractivity contribution in [2.24, 2.45) is 0 Å². The van der Waals surface area contributed by atoms with E-state index >= 15 is 0 Å². The normalized spacial score (nSPS) is 11.7. The molecule has 0 atom stereocenters. The van der Waals surface area contributed by atoms with Crippen molar-refractivity contribution in [3.63, 3.8) is 0 Å². The molecule has 0 saturated heterocycles. The van der Waals surface area contributed by atoms with Crippen molar-refractivity contribution in [1.29, 1.82) is 0 Å². The molecule has 31 heavy (non-hydrogen) atoms. The van der Waals surface area contributed by atoms with Crippen LogP contribution in [0.4, 0.5) is 4.39 Å². The molecule has 0 aromatic carbocycles. The van der Waals surface area contributed by atoms with Gasteiger partial charge in [0.25, 0.3) is 0 Å². The first kappa shape index (κ1) is 30.7. The Hall–Kier alpha value is -0.330. The van der Waals surface area contributed by atoms with Crippen LogP contribution in [0.5, 0.6) is 0 Å². The zero-order valence-corrected chi connectivity index (χ0v) is 21.6. The zero-order valence-electron chi connectivity index (χ0n) is 21.6. The highest BCUT2D eigenvalue weighted by Crippen LogP contribution is 2.16. The first-order chi connectivity index (χ1) is 15.4. The molecular formula is C30H59F. The number of hydrogen-bond acceptors (Lipinski definition) is 0. The number of rotatable bonds is 27. The van der Waals surface area contributed by atoms with E-state index in [4.69, 9.17) is 0 Å². The molecule has 0 aliphatic heterocycles. The summed E-state index contributed by atoms with van der Waals surface area (Å²) in [5.74, 6) is 0. The Bertz CT molecular complexity index is 322. The van der Waals surface area contributed by atoms with E-state index in [1.54, 1.807) is 6.08 Å². The molecular weight excluding hydrogens is 379 g/mol. The van der Waals surface area contributed by atoms with Crippen molar-refractivity contribution >= 4 is 0 Å². The van der Waals surface area contributed by atoms with Gasteiger partial charge in [0.05, 0.1) is 6.33 Å². The van der Waals surface area contributed by atoms with E-state index in [0.717, 1.165) is 12.8 Å². The maximum absolute atomic E-state index is 11.8. The molecule has 0 aliphatic rings. The highest BCUT2D eigenvalue weighted by atomic mass is 19.1. The second-order valence-corrected chi connectivity index (χ2v) is 9.99. The molecule has 0 bridgehead atoms. The first-order valence-electron chi connectivity index (χ1n) is 14.7. The van der Waals surface area contributed by atoms with Gasteiger partial charge < -0.3 is 0 Å². The van der Waals surface area contributed by atoms with Crippen LogP contribution >= 0.6 is 0 Å². The second-order valence-electron chi connectivity index (χ2n) is 9.99. The number of hydrogen-bond donors (Lipinski definition) is 0. The highest BCUT2D eigenvalue weighted by Gasteiger charge is 1.96. The fourth-order valence-electron chi connectivity index (χ4n) is 4.64. The van der Waals surface area contributed by atoms with Crippen molar-refractivity contribution in [1.82, 2.24) is 0 Å². The quantitative estimate of drug-likeness (QED) is 0.112. The van der Waals surface area contributed by atoms with Crippen LogP contribution in [-0.2, 0) is 0 Å². The molecule has 186 valence electrons. The highest BCUT2D eigenvalue weighted by molar-refractivity contribution is 4.71. The Morgan fingerprint density at radius 3 is 0.806 bits per heavy atom. The average molecular weight is 439 g/mol. The van der Waals surface area contributed by atoms with Crippen LogP contribution in [-0.4, -0.2) is 0 Å². The average Bonchev–Trinajstić information content (AvgIpc) is 2.78. The lowest BCUT2D eigenvalue weighted by Gasteiger charge is -2.04. The van der Waals surface area contributed by atoms with Crippen LogP contribution in [0, 0.1) is 0 Å². The maximum atomic E-state index is 11.8. The van der Waals surface area contributed by atoms with E-state index in [1.165, 1.54) is 161 Å². The predicted molar refractivity (Wildman–Crippen MR) is 141 cm³/mol. The fourth-order valence-corrected chi connectivity index (χ4v) is 4.64. The minimum atomic E-state index is 0.681. The van der Waals surface area contributed by atoms with Crippen LogP contribution in [0.15, 0.2) is 12.4 Å². The van der Waals surface area contributed by atoms with Crippen molar-refractivity contribution in [3.05, 3.63) is 12.4 Å². The Balaban J connectivity index is 2.99. The SMILES string of the molecule is CCCCCCCCCCCCCCCCCCCCCCCCCCCCC=CF. The van der Waals surface area contributed by atoms with Gasteiger partial charge in [0.15, 0.2) is 0 Å². The summed E-state index contributed by atoms with van der Waals surface area (Å²) in [5, 5.41) is 0. The number of unbranched alkanes of at least 4 members (excludes halogenated alkanes) is 26. The first-order valence-corrected chi connectivity index (χ1v) is 14.7. The molecule has 0 radical (unpaired) electrons. The van der Waals surface area contributed by atoms with E-state index in [0.29, 0.717) is 6.33 Å². The molecule has 0 N–H and O–H groups in total. The number of allylic oxidation sites excluding steroid dienone is 1. The minimum Gasteiger partial charge on any atom is -0.216 e. The molecule has 0 fully saturated rings. The van der Waals surface area contributed by atoms with Gasteiger partial charge in [-0.3, -0.25) is 0 Å². The molecule has 0 heterocycles. The maximum Gasteiger partial charge on any atom is 0.0827 e. The molecule has 0 rings (SSSR count).